The van der Waals surface area contributed by atoms with Crippen molar-refractivity contribution in [1.29, 1.82) is 0 Å². The first-order valence-electron chi connectivity index (χ1n) is 5.83. The van der Waals surface area contributed by atoms with Gasteiger partial charge in [0.1, 0.15) is 6.33 Å². The van der Waals surface area contributed by atoms with E-state index < -0.39 is 11.6 Å². The number of aryl methyl sites for hydroxylation is 1. The molecular weight excluding hydrogens is 288 g/mol. The quantitative estimate of drug-likeness (QED) is 0.536. The van der Waals surface area contributed by atoms with Gasteiger partial charge in [-0.15, -0.1) is 16.7 Å². The average molecular weight is 301 g/mol. The number of nitrogens with one attached hydrogen (secondary N) is 1. The highest BCUT2D eigenvalue weighted by Crippen LogP contribution is 2.02. The van der Waals surface area contributed by atoms with Gasteiger partial charge in [-0.1, -0.05) is 5.21 Å². The number of carbonyl (C=O) groups excluding carboxylic acids is 1. The van der Waals surface area contributed by atoms with Crippen molar-refractivity contribution in [3.8, 4) is 0 Å². The third-order valence-electron chi connectivity index (χ3n) is 2.52. The Morgan fingerprint density at radius 2 is 2.35 bits per heavy atom. The Morgan fingerprint density at radius 1 is 1.55 bits per heavy atom. The maximum atomic E-state index is 12.0. The van der Waals surface area contributed by atoms with Gasteiger partial charge in [-0.3, -0.25) is 4.79 Å². The first-order valence-corrected chi connectivity index (χ1v) is 6.36. The van der Waals surface area contributed by atoms with Crippen molar-refractivity contribution in [2.24, 2.45) is 0 Å². The molecule has 108 valence electrons. The Balaban J connectivity index is 2.31. The molecule has 2 rings (SSSR count). The van der Waals surface area contributed by atoms with Gasteiger partial charge in [-0.05, 0) is 0 Å². The average Bonchev–Trinajstić information content (AvgIpc) is 2.87. The van der Waals surface area contributed by atoms with Crippen LogP contribution in [-0.4, -0.2) is 56.4 Å². The lowest BCUT2D eigenvalue weighted by molar-refractivity contribution is 0.0934. The zero-order chi connectivity index (χ0) is 14.5. The van der Waals surface area contributed by atoms with Gasteiger partial charge in [0.2, 0.25) is 0 Å². The number of methoxy groups -OCH3 is 1. The summed E-state index contributed by atoms with van der Waals surface area (Å²) in [4.78, 5) is 27.8. The maximum absolute atomic E-state index is 12.0. The van der Waals surface area contributed by atoms with Gasteiger partial charge in [0.15, 0.2) is 11.3 Å². The van der Waals surface area contributed by atoms with Crippen LogP contribution in [0.2, 0.25) is 0 Å². The summed E-state index contributed by atoms with van der Waals surface area (Å²) in [5.41, 5.74) is -0.293. The summed E-state index contributed by atoms with van der Waals surface area (Å²) < 4.78 is 7.09. The Hall–Kier alpha value is -2.00. The number of imidazole rings is 1. The van der Waals surface area contributed by atoms with Gasteiger partial charge in [0.05, 0.1) is 13.2 Å². The predicted octanol–water partition coefficient (Wildman–Crippen LogP) is -1.10. The van der Waals surface area contributed by atoms with Crippen molar-refractivity contribution >= 4 is 23.2 Å². The number of hydrogen-bond donors (Lipinski definition) is 1. The number of ether oxygens (including phenoxy) is 1. The van der Waals surface area contributed by atoms with Gasteiger partial charge >= 0.3 is 5.69 Å². The Bertz CT molecular complexity index is 667. The second-order valence-corrected chi connectivity index (χ2v) is 4.20. The van der Waals surface area contributed by atoms with Crippen molar-refractivity contribution in [3.63, 3.8) is 0 Å². The van der Waals surface area contributed by atoms with E-state index in [0.717, 1.165) is 9.08 Å². The zero-order valence-electron chi connectivity index (χ0n) is 10.7. The second kappa shape index (κ2) is 6.44. The first-order chi connectivity index (χ1) is 9.69. The summed E-state index contributed by atoms with van der Waals surface area (Å²) in [5.74, 6) is -0.201. The van der Waals surface area contributed by atoms with E-state index in [1.807, 2.05) is 0 Å². The van der Waals surface area contributed by atoms with Crippen LogP contribution < -0.4 is 11.0 Å². The third kappa shape index (κ3) is 2.78. The number of amides is 1. The molecular formula is C10H13ClN6O3. The lowest BCUT2D eigenvalue weighted by Crippen LogP contribution is -2.31. The lowest BCUT2D eigenvalue weighted by Gasteiger charge is -2.03. The summed E-state index contributed by atoms with van der Waals surface area (Å²) in [5, 5.41) is 10.1. The van der Waals surface area contributed by atoms with E-state index in [4.69, 9.17) is 16.3 Å². The summed E-state index contributed by atoms with van der Waals surface area (Å²) in [6.45, 7) is 0.952. The molecule has 0 saturated carbocycles. The number of rotatable bonds is 6. The Labute approximate surface area is 118 Å². The van der Waals surface area contributed by atoms with Crippen LogP contribution in [0.25, 0.3) is 5.65 Å². The molecule has 1 N–H and O–H groups in total. The molecule has 0 aromatic carbocycles. The fraction of sp³-hybridized carbons (Fsp3) is 0.500. The molecule has 2 aromatic heterocycles. The Kier molecular flexibility index (Phi) is 4.64. The van der Waals surface area contributed by atoms with E-state index in [0.29, 0.717) is 13.2 Å². The van der Waals surface area contributed by atoms with Gasteiger partial charge in [-0.25, -0.2) is 14.2 Å². The van der Waals surface area contributed by atoms with Crippen molar-refractivity contribution in [2.45, 2.75) is 6.54 Å². The number of hydrogen-bond acceptors (Lipinski definition) is 6. The van der Waals surface area contributed by atoms with Crippen LogP contribution in [0.5, 0.6) is 0 Å². The number of aromatic nitrogens is 5. The summed E-state index contributed by atoms with van der Waals surface area (Å²) >= 11 is 5.56. The normalized spacial score (nSPS) is 10.9. The van der Waals surface area contributed by atoms with Crippen LogP contribution in [-0.2, 0) is 11.3 Å². The Morgan fingerprint density at radius 3 is 3.05 bits per heavy atom. The standard InChI is InChI=1S/C10H13ClN6O3/c1-20-5-3-12-9(18)7-8-14-15-17(4-2-11)10(19)16(8)6-13-7/h6H,2-5H2,1H3,(H,12,18). The van der Waals surface area contributed by atoms with Crippen LogP contribution in [0.4, 0.5) is 0 Å². The largest absolute Gasteiger partial charge is 0.383 e. The lowest BCUT2D eigenvalue weighted by atomic mass is 10.4. The highest BCUT2D eigenvalue weighted by Gasteiger charge is 2.17. The van der Waals surface area contributed by atoms with Gasteiger partial charge in [-0.2, -0.15) is 4.68 Å². The van der Waals surface area contributed by atoms with Crippen molar-refractivity contribution in [3.05, 3.63) is 22.5 Å². The minimum absolute atomic E-state index is 0.0451. The fourth-order valence-corrected chi connectivity index (χ4v) is 1.73. The number of carbonyl (C=O) groups is 1. The molecule has 10 heteroatoms. The predicted molar refractivity (Wildman–Crippen MR) is 70.0 cm³/mol. The number of alkyl halides is 1. The second-order valence-electron chi connectivity index (χ2n) is 3.82. The minimum atomic E-state index is -0.445. The van der Waals surface area contributed by atoms with Crippen LogP contribution in [0, 0.1) is 0 Å². The molecule has 0 unspecified atom stereocenters. The van der Waals surface area contributed by atoms with Crippen LogP contribution >= 0.6 is 11.6 Å². The van der Waals surface area contributed by atoms with Gasteiger partial charge in [0.25, 0.3) is 5.91 Å². The summed E-state index contributed by atoms with van der Waals surface area (Å²) in [6.07, 6.45) is 1.24. The highest BCUT2D eigenvalue weighted by molar-refractivity contribution is 6.17. The monoisotopic (exact) mass is 300 g/mol. The minimum Gasteiger partial charge on any atom is -0.383 e. The molecule has 0 atom stereocenters. The molecule has 2 aromatic rings. The maximum Gasteiger partial charge on any atom is 0.353 e. The van der Waals surface area contributed by atoms with E-state index in [2.05, 4.69) is 20.6 Å². The molecule has 0 spiro atoms. The van der Waals surface area contributed by atoms with Crippen LogP contribution in [0.15, 0.2) is 11.1 Å². The fourth-order valence-electron chi connectivity index (χ4n) is 1.57. The van der Waals surface area contributed by atoms with Crippen LogP contribution in [0.3, 0.4) is 0 Å². The van der Waals surface area contributed by atoms with Crippen LogP contribution in [0.1, 0.15) is 10.5 Å². The molecule has 0 saturated heterocycles. The van der Waals surface area contributed by atoms with Crippen molar-refractivity contribution in [1.82, 2.24) is 29.7 Å². The van der Waals surface area contributed by atoms with E-state index in [1.165, 1.54) is 13.4 Å². The van der Waals surface area contributed by atoms with Gasteiger partial charge < -0.3 is 10.1 Å². The molecule has 20 heavy (non-hydrogen) atoms. The third-order valence-corrected chi connectivity index (χ3v) is 2.69. The van der Waals surface area contributed by atoms with E-state index in [9.17, 15) is 9.59 Å². The number of nitrogens with zero attached hydrogens (tertiary/aromatic N) is 5. The molecule has 0 aliphatic rings. The SMILES string of the molecule is COCCNC(=O)c1ncn2c(=O)n(CCCl)nnc12. The molecule has 0 radical (unpaired) electrons. The number of fused-ring (bicyclic) bond motifs is 1. The zero-order valence-corrected chi connectivity index (χ0v) is 11.5. The van der Waals surface area contributed by atoms with Crippen molar-refractivity contribution < 1.29 is 9.53 Å². The van der Waals surface area contributed by atoms with E-state index >= 15 is 0 Å². The summed E-state index contributed by atoms with van der Waals surface area (Å²) in [7, 11) is 1.53. The number of halogens is 1. The molecule has 0 bridgehead atoms. The molecule has 0 aliphatic carbocycles. The van der Waals surface area contributed by atoms with Crippen molar-refractivity contribution in [2.75, 3.05) is 26.1 Å². The topological polar surface area (TPSA) is 103 Å². The molecule has 0 fully saturated rings. The van der Waals surface area contributed by atoms with E-state index in [-0.39, 0.29) is 23.8 Å². The first kappa shape index (κ1) is 14.4. The molecule has 9 nitrogen and oxygen atoms in total. The van der Waals surface area contributed by atoms with E-state index in [1.54, 1.807) is 0 Å². The molecule has 0 aliphatic heterocycles. The molecule has 2 heterocycles. The van der Waals surface area contributed by atoms with Gasteiger partial charge in [0, 0.05) is 19.5 Å². The molecule has 1 amide bonds. The smallest absolute Gasteiger partial charge is 0.353 e. The highest BCUT2D eigenvalue weighted by atomic mass is 35.5. The summed E-state index contributed by atoms with van der Waals surface area (Å²) in [6, 6.07) is 0.